The number of halogens is 1. The van der Waals surface area contributed by atoms with Gasteiger partial charge in [0.05, 0.1) is 11.8 Å². The van der Waals surface area contributed by atoms with Crippen LogP contribution in [0.1, 0.15) is 32.8 Å². The van der Waals surface area contributed by atoms with E-state index in [0.717, 1.165) is 5.56 Å². The second kappa shape index (κ2) is 5.39. The minimum Gasteiger partial charge on any atom is -0.378 e. The quantitative estimate of drug-likeness (QED) is 0.897. The van der Waals surface area contributed by atoms with Crippen LogP contribution in [0.3, 0.4) is 0 Å². The molecule has 0 spiro atoms. The first-order valence-corrected chi connectivity index (χ1v) is 7.20. The molecule has 1 saturated carbocycles. The van der Waals surface area contributed by atoms with Crippen LogP contribution in [0.5, 0.6) is 0 Å². The molecule has 1 aromatic rings. The average Bonchev–Trinajstić information content (AvgIpc) is 2.41. The number of nitrogens with two attached hydrogens (primary N) is 1. The van der Waals surface area contributed by atoms with E-state index < -0.39 is 16.8 Å². The van der Waals surface area contributed by atoms with Gasteiger partial charge in [0.15, 0.2) is 0 Å². The van der Waals surface area contributed by atoms with Crippen molar-refractivity contribution in [3.05, 3.63) is 29.6 Å². The molecular weight excluding hydrogens is 271 g/mol. The van der Waals surface area contributed by atoms with Crippen molar-refractivity contribution >= 4 is 11.6 Å². The second-order valence-electron chi connectivity index (χ2n) is 6.28. The molecule has 2 rings (SSSR count). The summed E-state index contributed by atoms with van der Waals surface area (Å²) in [7, 11) is 0. The fourth-order valence-corrected chi connectivity index (χ4v) is 2.78. The predicted molar refractivity (Wildman–Crippen MR) is 80.5 cm³/mol. The molecule has 4 nitrogen and oxygen atoms in total. The molecule has 0 heterocycles. The van der Waals surface area contributed by atoms with E-state index in [1.54, 1.807) is 19.1 Å². The van der Waals surface area contributed by atoms with E-state index in [9.17, 15) is 9.18 Å². The van der Waals surface area contributed by atoms with Gasteiger partial charge < -0.3 is 15.8 Å². The van der Waals surface area contributed by atoms with Crippen LogP contribution in [0, 0.1) is 18.2 Å². The van der Waals surface area contributed by atoms with Gasteiger partial charge >= 0.3 is 0 Å². The Morgan fingerprint density at radius 3 is 2.71 bits per heavy atom. The number of amides is 1. The van der Waals surface area contributed by atoms with Gasteiger partial charge in [-0.05, 0) is 31.5 Å². The van der Waals surface area contributed by atoms with Crippen molar-refractivity contribution in [1.82, 2.24) is 0 Å². The Kier molecular flexibility index (Phi) is 4.08. The van der Waals surface area contributed by atoms with E-state index in [0.29, 0.717) is 13.0 Å². The number of rotatable bonds is 4. The molecule has 0 aliphatic heterocycles. The van der Waals surface area contributed by atoms with E-state index in [1.807, 2.05) is 20.8 Å². The van der Waals surface area contributed by atoms with E-state index in [4.69, 9.17) is 10.5 Å². The molecule has 0 bridgehead atoms. The summed E-state index contributed by atoms with van der Waals surface area (Å²) in [6.07, 6.45) is 0.383. The molecule has 1 aliphatic rings. The van der Waals surface area contributed by atoms with Crippen molar-refractivity contribution in [3.8, 4) is 0 Å². The van der Waals surface area contributed by atoms with E-state index in [1.165, 1.54) is 6.07 Å². The number of carbonyl (C=O) groups excluding carboxylic acids is 1. The van der Waals surface area contributed by atoms with Gasteiger partial charge in [-0.1, -0.05) is 19.9 Å². The van der Waals surface area contributed by atoms with E-state index in [-0.39, 0.29) is 17.7 Å². The molecule has 21 heavy (non-hydrogen) atoms. The Bertz CT molecular complexity index is 559. The van der Waals surface area contributed by atoms with Crippen molar-refractivity contribution < 1.29 is 13.9 Å². The standard InChI is InChI=1S/C16H23FN2O2/c1-5-21-13-9-16(18,15(13,3)4)14(20)19-12-7-6-10(2)8-11(12)17/h6-8,13H,5,9,18H2,1-4H3,(H,19,20). The molecule has 1 aromatic carbocycles. The third-order valence-corrected chi connectivity index (χ3v) is 4.61. The number of carbonyl (C=O) groups is 1. The summed E-state index contributed by atoms with van der Waals surface area (Å²) < 4.78 is 19.4. The zero-order chi connectivity index (χ0) is 15.8. The number of nitrogens with one attached hydrogen (secondary N) is 1. The first kappa shape index (κ1) is 15.9. The third-order valence-electron chi connectivity index (χ3n) is 4.61. The zero-order valence-corrected chi connectivity index (χ0v) is 13.0. The van der Waals surface area contributed by atoms with Crippen LogP contribution in [0.25, 0.3) is 0 Å². The minimum atomic E-state index is -1.05. The van der Waals surface area contributed by atoms with Crippen LogP contribution in [-0.4, -0.2) is 24.2 Å². The molecule has 116 valence electrons. The zero-order valence-electron chi connectivity index (χ0n) is 13.0. The molecule has 1 amide bonds. The first-order valence-electron chi connectivity index (χ1n) is 7.20. The molecule has 2 atom stereocenters. The van der Waals surface area contributed by atoms with Gasteiger partial charge in [0.1, 0.15) is 11.4 Å². The van der Waals surface area contributed by atoms with Crippen LogP contribution in [0.4, 0.5) is 10.1 Å². The molecular formula is C16H23FN2O2. The van der Waals surface area contributed by atoms with Crippen LogP contribution < -0.4 is 11.1 Å². The summed E-state index contributed by atoms with van der Waals surface area (Å²) in [6.45, 7) is 8.09. The normalized spacial score (nSPS) is 27.0. The molecule has 0 saturated heterocycles. The van der Waals surface area contributed by atoms with Gasteiger partial charge in [0.2, 0.25) is 5.91 Å². The topological polar surface area (TPSA) is 64.3 Å². The fraction of sp³-hybridized carbons (Fsp3) is 0.562. The summed E-state index contributed by atoms with van der Waals surface area (Å²) >= 11 is 0. The lowest BCUT2D eigenvalue weighted by Gasteiger charge is -2.57. The highest BCUT2D eigenvalue weighted by Crippen LogP contribution is 2.50. The van der Waals surface area contributed by atoms with Gasteiger partial charge in [-0.25, -0.2) is 4.39 Å². The molecule has 1 aliphatic carbocycles. The van der Waals surface area contributed by atoms with Crippen molar-refractivity contribution in [1.29, 1.82) is 0 Å². The maximum Gasteiger partial charge on any atom is 0.245 e. The lowest BCUT2D eigenvalue weighted by atomic mass is 9.54. The van der Waals surface area contributed by atoms with Gasteiger partial charge in [-0.2, -0.15) is 0 Å². The molecule has 3 N–H and O–H groups in total. The van der Waals surface area contributed by atoms with Crippen LogP contribution in [0.15, 0.2) is 18.2 Å². The second-order valence-corrected chi connectivity index (χ2v) is 6.28. The summed E-state index contributed by atoms with van der Waals surface area (Å²) in [5.41, 5.74) is 5.67. The summed E-state index contributed by atoms with van der Waals surface area (Å²) in [5.74, 6) is -0.823. The molecule has 1 fully saturated rings. The predicted octanol–water partition coefficient (Wildman–Crippen LogP) is 2.61. The average molecular weight is 294 g/mol. The van der Waals surface area contributed by atoms with Crippen LogP contribution in [0.2, 0.25) is 0 Å². The number of anilines is 1. The van der Waals surface area contributed by atoms with Crippen LogP contribution in [-0.2, 0) is 9.53 Å². The Labute approximate surface area is 124 Å². The number of benzene rings is 1. The van der Waals surface area contributed by atoms with Crippen molar-refractivity contribution in [2.75, 3.05) is 11.9 Å². The fourth-order valence-electron chi connectivity index (χ4n) is 2.78. The summed E-state index contributed by atoms with van der Waals surface area (Å²) in [4.78, 5) is 12.5. The van der Waals surface area contributed by atoms with Crippen LogP contribution >= 0.6 is 0 Å². The van der Waals surface area contributed by atoms with E-state index in [2.05, 4.69) is 5.32 Å². The summed E-state index contributed by atoms with van der Waals surface area (Å²) in [5, 5.41) is 2.60. The third kappa shape index (κ3) is 2.56. The minimum absolute atomic E-state index is 0.0545. The van der Waals surface area contributed by atoms with Gasteiger partial charge in [-0.15, -0.1) is 0 Å². The first-order chi connectivity index (χ1) is 9.72. The maximum atomic E-state index is 13.8. The lowest BCUT2D eigenvalue weighted by Crippen LogP contribution is -2.74. The molecule has 5 heteroatoms. The Morgan fingerprint density at radius 1 is 1.52 bits per heavy atom. The van der Waals surface area contributed by atoms with Gasteiger partial charge in [-0.3, -0.25) is 4.79 Å². The monoisotopic (exact) mass is 294 g/mol. The maximum absolute atomic E-state index is 13.8. The molecule has 0 radical (unpaired) electrons. The highest BCUT2D eigenvalue weighted by Gasteiger charge is 2.62. The SMILES string of the molecule is CCOC1CC(N)(C(=O)Nc2ccc(C)cc2F)C1(C)C. The molecule has 0 aromatic heterocycles. The smallest absolute Gasteiger partial charge is 0.245 e. The van der Waals surface area contributed by atoms with E-state index >= 15 is 0 Å². The van der Waals surface area contributed by atoms with Gasteiger partial charge in [0.25, 0.3) is 0 Å². The highest BCUT2D eigenvalue weighted by molar-refractivity contribution is 5.99. The van der Waals surface area contributed by atoms with Crippen molar-refractivity contribution in [3.63, 3.8) is 0 Å². The Balaban J connectivity index is 2.14. The highest BCUT2D eigenvalue weighted by atomic mass is 19.1. The number of ether oxygens (including phenoxy) is 1. The van der Waals surface area contributed by atoms with Crippen molar-refractivity contribution in [2.45, 2.75) is 45.8 Å². The molecule has 2 unspecified atom stereocenters. The number of hydrogen-bond donors (Lipinski definition) is 2. The Morgan fingerprint density at radius 2 is 2.19 bits per heavy atom. The number of aryl methyl sites for hydroxylation is 1. The van der Waals surface area contributed by atoms with Gasteiger partial charge in [0, 0.05) is 18.4 Å². The van der Waals surface area contributed by atoms with Crippen molar-refractivity contribution in [2.24, 2.45) is 11.1 Å². The largest absolute Gasteiger partial charge is 0.378 e. The summed E-state index contributed by atoms with van der Waals surface area (Å²) in [6, 6.07) is 4.68. The number of hydrogen-bond acceptors (Lipinski definition) is 3. The lowest BCUT2D eigenvalue weighted by molar-refractivity contribution is -0.166. The Hall–Kier alpha value is -1.46.